The summed E-state index contributed by atoms with van der Waals surface area (Å²) >= 11 is 1.71. The molecule has 2 aromatic rings. The molecule has 0 aliphatic rings. The maximum Gasteiger partial charge on any atom is 0.0994 e. The molecule has 0 heterocycles. The Bertz CT molecular complexity index is 668. The van der Waals surface area contributed by atoms with Gasteiger partial charge in [-0.2, -0.15) is 5.26 Å². The van der Waals surface area contributed by atoms with Crippen molar-refractivity contribution in [2.75, 3.05) is 0 Å². The van der Waals surface area contributed by atoms with E-state index in [0.717, 1.165) is 28.9 Å². The van der Waals surface area contributed by atoms with E-state index >= 15 is 0 Å². The second-order valence-electron chi connectivity index (χ2n) is 5.49. The summed E-state index contributed by atoms with van der Waals surface area (Å²) in [6, 6.07) is 20.9. The molecule has 1 nitrogen and oxygen atoms in total. The lowest BCUT2D eigenvalue weighted by Crippen LogP contribution is -1.87. The zero-order chi connectivity index (χ0) is 16.3. The maximum absolute atomic E-state index is 9.55. The normalized spacial score (nSPS) is 11.2. The summed E-state index contributed by atoms with van der Waals surface area (Å²) < 4.78 is 0. The predicted molar refractivity (Wildman–Crippen MR) is 99.4 cm³/mol. The van der Waals surface area contributed by atoms with E-state index in [0.29, 0.717) is 0 Å². The number of nitrogens with zero attached hydrogens (tertiary/aromatic N) is 1. The first-order chi connectivity index (χ1) is 11.3. The van der Waals surface area contributed by atoms with Crippen molar-refractivity contribution < 1.29 is 0 Å². The van der Waals surface area contributed by atoms with Gasteiger partial charge in [-0.05, 0) is 31.0 Å². The van der Waals surface area contributed by atoms with Crippen LogP contribution >= 0.6 is 11.8 Å². The molecule has 0 saturated heterocycles. The molecule has 2 heteroatoms. The van der Waals surface area contributed by atoms with Crippen molar-refractivity contribution in [3.8, 4) is 6.07 Å². The van der Waals surface area contributed by atoms with E-state index in [1.165, 1.54) is 24.2 Å². The Morgan fingerprint density at radius 2 is 1.74 bits per heavy atom. The molecule has 0 aliphatic heterocycles. The van der Waals surface area contributed by atoms with Gasteiger partial charge in [0.15, 0.2) is 0 Å². The number of benzene rings is 2. The third-order valence-electron chi connectivity index (χ3n) is 3.67. The quantitative estimate of drug-likeness (QED) is 0.398. The fourth-order valence-corrected chi connectivity index (χ4v) is 3.41. The van der Waals surface area contributed by atoms with Crippen molar-refractivity contribution in [1.82, 2.24) is 0 Å². The Balaban J connectivity index is 2.14. The third kappa shape index (κ3) is 5.62. The van der Waals surface area contributed by atoms with Crippen LogP contribution in [-0.4, -0.2) is 0 Å². The van der Waals surface area contributed by atoms with Crippen molar-refractivity contribution in [2.24, 2.45) is 0 Å². The molecule has 118 valence electrons. The lowest BCUT2D eigenvalue weighted by Gasteiger charge is -2.08. The highest BCUT2D eigenvalue weighted by molar-refractivity contribution is 7.99. The number of hydrogen-bond acceptors (Lipinski definition) is 2. The van der Waals surface area contributed by atoms with Crippen LogP contribution in [0.1, 0.15) is 44.6 Å². The Morgan fingerprint density at radius 1 is 1.00 bits per heavy atom. The molecule has 0 bridgehead atoms. The van der Waals surface area contributed by atoms with Crippen LogP contribution in [0.2, 0.25) is 0 Å². The average Bonchev–Trinajstić information content (AvgIpc) is 2.60. The standard InChI is InChI=1S/C21H23NS/c1-2-3-4-5-7-12-18(17-22)20-15-10-11-16-21(20)23-19-13-8-6-9-14-19/h6,8-16H,2-5,7H2,1H3/b18-12+. The molecule has 23 heavy (non-hydrogen) atoms. The number of rotatable bonds is 8. The van der Waals surface area contributed by atoms with Crippen LogP contribution in [0.4, 0.5) is 0 Å². The minimum absolute atomic E-state index is 0.792. The molecule has 0 radical (unpaired) electrons. The summed E-state index contributed by atoms with van der Waals surface area (Å²) in [5.74, 6) is 0. The van der Waals surface area contributed by atoms with Gasteiger partial charge in [-0.1, -0.05) is 80.4 Å². The average molecular weight is 321 g/mol. The first kappa shape index (κ1) is 17.4. The van der Waals surface area contributed by atoms with Crippen molar-refractivity contribution in [3.63, 3.8) is 0 Å². The second kappa shape index (κ2) is 9.92. The summed E-state index contributed by atoms with van der Waals surface area (Å²) in [5, 5.41) is 9.55. The second-order valence-corrected chi connectivity index (χ2v) is 6.61. The Labute approximate surface area is 144 Å². The van der Waals surface area contributed by atoms with Gasteiger partial charge in [-0.25, -0.2) is 0 Å². The van der Waals surface area contributed by atoms with E-state index in [9.17, 15) is 5.26 Å². The van der Waals surface area contributed by atoms with Crippen molar-refractivity contribution >= 4 is 17.3 Å². The highest BCUT2D eigenvalue weighted by atomic mass is 32.2. The summed E-state index contributed by atoms with van der Waals surface area (Å²) in [5.41, 5.74) is 1.83. The molecular weight excluding hydrogens is 298 g/mol. The van der Waals surface area contributed by atoms with E-state index < -0.39 is 0 Å². The zero-order valence-corrected chi connectivity index (χ0v) is 14.5. The van der Waals surface area contributed by atoms with E-state index in [1.54, 1.807) is 11.8 Å². The summed E-state index contributed by atoms with van der Waals surface area (Å²) in [4.78, 5) is 2.33. The first-order valence-corrected chi connectivity index (χ1v) is 9.09. The Morgan fingerprint density at radius 3 is 2.48 bits per heavy atom. The molecule has 0 spiro atoms. The molecule has 2 rings (SSSR count). The van der Waals surface area contributed by atoms with Crippen LogP contribution in [-0.2, 0) is 0 Å². The molecule has 0 fully saturated rings. The van der Waals surface area contributed by atoms with Gasteiger partial charge in [-0.15, -0.1) is 0 Å². The summed E-state index contributed by atoms with van der Waals surface area (Å²) in [7, 11) is 0. The molecular formula is C21H23NS. The van der Waals surface area contributed by atoms with Crippen LogP contribution in [0.5, 0.6) is 0 Å². The van der Waals surface area contributed by atoms with Gasteiger partial charge in [0, 0.05) is 15.4 Å². The van der Waals surface area contributed by atoms with E-state index in [4.69, 9.17) is 0 Å². The van der Waals surface area contributed by atoms with Crippen LogP contribution in [0, 0.1) is 11.3 Å². The fraction of sp³-hybridized carbons (Fsp3) is 0.286. The molecule has 0 amide bonds. The molecule has 0 N–H and O–H groups in total. The molecule has 0 aliphatic carbocycles. The summed E-state index contributed by atoms with van der Waals surface area (Å²) in [6.45, 7) is 2.22. The summed E-state index contributed by atoms with van der Waals surface area (Å²) in [6.07, 6.45) is 7.99. The minimum atomic E-state index is 0.792. The van der Waals surface area contributed by atoms with E-state index in [-0.39, 0.29) is 0 Å². The van der Waals surface area contributed by atoms with Crippen molar-refractivity contribution in [3.05, 3.63) is 66.2 Å². The van der Waals surface area contributed by atoms with Gasteiger partial charge >= 0.3 is 0 Å². The van der Waals surface area contributed by atoms with Gasteiger partial charge in [-0.3, -0.25) is 0 Å². The van der Waals surface area contributed by atoms with Gasteiger partial charge in [0.25, 0.3) is 0 Å². The smallest absolute Gasteiger partial charge is 0.0994 e. The number of unbranched alkanes of at least 4 members (excludes halogenated alkanes) is 4. The van der Waals surface area contributed by atoms with E-state index in [1.807, 2.05) is 36.4 Å². The molecule has 0 unspecified atom stereocenters. The van der Waals surface area contributed by atoms with Gasteiger partial charge < -0.3 is 0 Å². The first-order valence-electron chi connectivity index (χ1n) is 8.27. The molecule has 0 atom stereocenters. The lowest BCUT2D eigenvalue weighted by molar-refractivity contribution is 0.675. The lowest BCUT2D eigenvalue weighted by atomic mass is 10.0. The molecule has 0 aromatic heterocycles. The van der Waals surface area contributed by atoms with Crippen LogP contribution in [0.3, 0.4) is 0 Å². The highest BCUT2D eigenvalue weighted by Crippen LogP contribution is 2.33. The van der Waals surface area contributed by atoms with Crippen LogP contribution < -0.4 is 0 Å². The number of allylic oxidation sites excluding steroid dienone is 2. The van der Waals surface area contributed by atoms with E-state index in [2.05, 4.69) is 37.3 Å². The minimum Gasteiger partial charge on any atom is -0.192 e. The SMILES string of the molecule is CCCCCC/C=C(\C#N)c1ccccc1Sc1ccccc1. The van der Waals surface area contributed by atoms with Gasteiger partial charge in [0.2, 0.25) is 0 Å². The largest absolute Gasteiger partial charge is 0.192 e. The number of hydrogen-bond donors (Lipinski definition) is 0. The third-order valence-corrected chi connectivity index (χ3v) is 4.76. The highest BCUT2D eigenvalue weighted by Gasteiger charge is 2.08. The topological polar surface area (TPSA) is 23.8 Å². The van der Waals surface area contributed by atoms with Crippen molar-refractivity contribution in [2.45, 2.75) is 48.8 Å². The van der Waals surface area contributed by atoms with Crippen LogP contribution in [0.25, 0.3) is 5.57 Å². The van der Waals surface area contributed by atoms with Gasteiger partial charge in [0.1, 0.15) is 0 Å². The van der Waals surface area contributed by atoms with Gasteiger partial charge in [0.05, 0.1) is 11.6 Å². The molecule has 2 aromatic carbocycles. The number of nitriles is 1. The Kier molecular flexibility index (Phi) is 7.49. The monoisotopic (exact) mass is 321 g/mol. The van der Waals surface area contributed by atoms with Crippen LogP contribution in [0.15, 0.2) is 70.5 Å². The fourth-order valence-electron chi connectivity index (χ4n) is 2.43. The molecule has 0 saturated carbocycles. The zero-order valence-electron chi connectivity index (χ0n) is 13.7. The Hall–Kier alpha value is -1.98. The maximum atomic E-state index is 9.55. The van der Waals surface area contributed by atoms with Crippen molar-refractivity contribution in [1.29, 1.82) is 5.26 Å². The predicted octanol–water partition coefficient (Wildman–Crippen LogP) is 6.72.